The van der Waals surface area contributed by atoms with Crippen LogP contribution >= 0.6 is 0 Å². The fraction of sp³-hybridized carbons (Fsp3) is 0.526. The Morgan fingerprint density at radius 1 is 0.851 bits per heavy atom. The van der Waals surface area contributed by atoms with E-state index in [1.165, 1.54) is 18.6 Å². The van der Waals surface area contributed by atoms with E-state index >= 15 is 0 Å². The summed E-state index contributed by atoms with van der Waals surface area (Å²) in [5, 5.41) is 53.7. The highest BCUT2D eigenvalue weighted by molar-refractivity contribution is 6.36. The van der Waals surface area contributed by atoms with Crippen molar-refractivity contribution in [1.82, 2.24) is 0 Å². The molecule has 1 unspecified atom stereocenters. The van der Waals surface area contributed by atoms with Crippen molar-refractivity contribution in [2.24, 2.45) is 0 Å². The van der Waals surface area contributed by atoms with E-state index in [1.807, 2.05) is 34.6 Å². The number of phenolic OH excluding ortho intramolecular Hbond substituents is 3. The van der Waals surface area contributed by atoms with Crippen LogP contribution in [0.2, 0.25) is 0 Å². The van der Waals surface area contributed by atoms with E-state index in [2.05, 4.69) is 19.1 Å². The van der Waals surface area contributed by atoms with E-state index in [4.69, 9.17) is 9.47 Å². The van der Waals surface area contributed by atoms with Gasteiger partial charge in [-0.05, 0) is 111 Å². The molecule has 47 heavy (non-hydrogen) atoms. The monoisotopic (exact) mass is 650 g/mol. The molecule has 2 atom stereocenters. The van der Waals surface area contributed by atoms with Crippen molar-refractivity contribution in [1.29, 1.82) is 0 Å². The molecule has 2 aromatic rings. The molecule has 1 saturated heterocycles. The van der Waals surface area contributed by atoms with Crippen LogP contribution in [0.25, 0.3) is 10.8 Å². The zero-order valence-electron chi connectivity index (χ0n) is 28.9. The number of ketones is 2. The van der Waals surface area contributed by atoms with Crippen LogP contribution in [0.4, 0.5) is 0 Å². The van der Waals surface area contributed by atoms with Crippen LogP contribution in [0.1, 0.15) is 118 Å². The summed E-state index contributed by atoms with van der Waals surface area (Å²) in [6.45, 7) is 14.9. The van der Waals surface area contributed by atoms with Crippen molar-refractivity contribution in [3.8, 4) is 17.2 Å². The molecule has 1 aliphatic heterocycles. The third-order valence-electron chi connectivity index (χ3n) is 9.53. The SMILES string of the molecule is C/C(=C\CC/C(C)=C/C[C@]1(O)C(=O)c2c(O)cc(C)c3c(O)c(C)c(O)c(c23)C1=O)CC/C=C(\CO)CCC1OC(C)(C)OC1(C)C. The molecule has 9 nitrogen and oxygen atoms in total. The Kier molecular flexibility index (Phi) is 10.5. The molecule has 0 bridgehead atoms. The third-order valence-corrected chi connectivity index (χ3v) is 9.53. The summed E-state index contributed by atoms with van der Waals surface area (Å²) in [7, 11) is 0. The number of benzene rings is 2. The summed E-state index contributed by atoms with van der Waals surface area (Å²) >= 11 is 0. The number of aliphatic hydroxyl groups excluding tert-OH is 1. The Labute approximate surface area is 277 Å². The van der Waals surface area contributed by atoms with Crippen molar-refractivity contribution in [2.75, 3.05) is 6.61 Å². The van der Waals surface area contributed by atoms with Gasteiger partial charge >= 0.3 is 0 Å². The largest absolute Gasteiger partial charge is 0.507 e. The van der Waals surface area contributed by atoms with Crippen molar-refractivity contribution >= 4 is 22.3 Å². The van der Waals surface area contributed by atoms with Gasteiger partial charge in [0.05, 0.1) is 29.4 Å². The fourth-order valence-electron chi connectivity index (χ4n) is 6.87. The van der Waals surface area contributed by atoms with E-state index in [-0.39, 0.29) is 57.9 Å². The van der Waals surface area contributed by atoms with Crippen molar-refractivity contribution in [3.05, 3.63) is 63.3 Å². The van der Waals surface area contributed by atoms with Gasteiger partial charge in [-0.3, -0.25) is 9.59 Å². The average Bonchev–Trinajstić information content (AvgIpc) is 3.20. The lowest BCUT2D eigenvalue weighted by molar-refractivity contribution is -0.157. The quantitative estimate of drug-likeness (QED) is 0.119. The van der Waals surface area contributed by atoms with E-state index in [0.717, 1.165) is 43.3 Å². The van der Waals surface area contributed by atoms with Crippen LogP contribution in [0.15, 0.2) is 41.0 Å². The first-order chi connectivity index (χ1) is 21.8. The number of allylic oxidation sites excluding steroid dienone is 4. The molecule has 2 aromatic carbocycles. The Morgan fingerprint density at radius 3 is 2.04 bits per heavy atom. The second-order valence-electron chi connectivity index (χ2n) is 14.2. The molecule has 0 aromatic heterocycles. The number of rotatable bonds is 12. The van der Waals surface area contributed by atoms with Crippen molar-refractivity contribution < 1.29 is 44.6 Å². The van der Waals surface area contributed by atoms with E-state index in [1.54, 1.807) is 13.0 Å². The molecule has 1 heterocycles. The number of phenols is 3. The van der Waals surface area contributed by atoms with Gasteiger partial charge in [0, 0.05) is 22.8 Å². The second kappa shape index (κ2) is 13.5. The van der Waals surface area contributed by atoms with Gasteiger partial charge in [-0.1, -0.05) is 29.4 Å². The molecular formula is C38H50O9. The zero-order chi connectivity index (χ0) is 35.1. The lowest BCUT2D eigenvalue weighted by atomic mass is 9.73. The number of Topliss-reactive ketones (excluding diaryl/α,β-unsaturated/α-hetero) is 2. The van der Waals surface area contributed by atoms with Gasteiger partial charge in [-0.15, -0.1) is 0 Å². The lowest BCUT2D eigenvalue weighted by Gasteiger charge is -2.32. The first kappa shape index (κ1) is 36.3. The second-order valence-corrected chi connectivity index (χ2v) is 14.2. The van der Waals surface area contributed by atoms with Crippen LogP contribution in [-0.4, -0.2) is 66.8 Å². The van der Waals surface area contributed by atoms with Gasteiger partial charge in [0.2, 0.25) is 11.6 Å². The highest BCUT2D eigenvalue weighted by Crippen LogP contribution is 2.49. The topological polar surface area (TPSA) is 154 Å². The van der Waals surface area contributed by atoms with Crippen LogP contribution in [0, 0.1) is 13.8 Å². The lowest BCUT2D eigenvalue weighted by Crippen LogP contribution is -2.49. The molecule has 1 fully saturated rings. The fourth-order valence-corrected chi connectivity index (χ4v) is 6.87. The van der Waals surface area contributed by atoms with Gasteiger partial charge in [0.15, 0.2) is 11.4 Å². The van der Waals surface area contributed by atoms with Crippen LogP contribution in [-0.2, 0) is 9.47 Å². The van der Waals surface area contributed by atoms with Crippen molar-refractivity contribution in [3.63, 3.8) is 0 Å². The van der Waals surface area contributed by atoms with Crippen LogP contribution in [0.5, 0.6) is 17.2 Å². The molecule has 0 radical (unpaired) electrons. The van der Waals surface area contributed by atoms with Gasteiger partial charge in [0.1, 0.15) is 17.2 Å². The molecule has 0 spiro atoms. The summed E-state index contributed by atoms with van der Waals surface area (Å²) in [6.07, 6.45) is 9.99. The molecule has 0 saturated carbocycles. The van der Waals surface area contributed by atoms with E-state index in [9.17, 15) is 35.1 Å². The number of hydrogen-bond donors (Lipinski definition) is 5. The molecule has 0 amide bonds. The molecule has 256 valence electrons. The maximum Gasteiger partial charge on any atom is 0.207 e. The summed E-state index contributed by atoms with van der Waals surface area (Å²) in [5.74, 6) is -3.78. The van der Waals surface area contributed by atoms with Gasteiger partial charge in [-0.2, -0.15) is 0 Å². The van der Waals surface area contributed by atoms with Crippen molar-refractivity contribution in [2.45, 2.75) is 123 Å². The molecule has 9 heteroatoms. The standard InChI is InChI=1S/C38H50O9/c1-21(13-10-14-25(20-39)15-16-27-36(5,6)47-37(7,8)46-27)11-9-12-22(2)17-18-38(45)34(43)29-26(40)19-23(3)28-30(29)31(35(38)44)33(42)24(4)32(28)41/h11,14,17,19,27,39-42,45H,9-10,12-13,15-16,18,20H2,1-8H3/b21-11+,22-17+,25-14-/t27?,38-/m0/s1. The Balaban J connectivity index is 1.37. The smallest absolute Gasteiger partial charge is 0.207 e. The van der Waals surface area contributed by atoms with Gasteiger partial charge in [0.25, 0.3) is 0 Å². The van der Waals surface area contributed by atoms with E-state index < -0.39 is 34.5 Å². The van der Waals surface area contributed by atoms with Crippen LogP contribution in [0.3, 0.4) is 0 Å². The predicted molar refractivity (Wildman–Crippen MR) is 181 cm³/mol. The number of ether oxygens (including phenoxy) is 2. The highest BCUT2D eigenvalue weighted by atomic mass is 16.8. The first-order valence-corrected chi connectivity index (χ1v) is 16.3. The summed E-state index contributed by atoms with van der Waals surface area (Å²) in [4.78, 5) is 27.2. The summed E-state index contributed by atoms with van der Waals surface area (Å²) in [6, 6.07) is 1.31. The van der Waals surface area contributed by atoms with Crippen LogP contribution < -0.4 is 0 Å². The number of aromatic hydroxyl groups is 3. The number of carbonyl (C=O) groups excluding carboxylic acids is 2. The normalized spacial score (nSPS) is 22.9. The van der Waals surface area contributed by atoms with Gasteiger partial charge in [-0.25, -0.2) is 0 Å². The minimum atomic E-state index is -2.51. The molecule has 2 aliphatic rings. The van der Waals surface area contributed by atoms with E-state index in [0.29, 0.717) is 12.0 Å². The Hall–Kier alpha value is -3.50. The number of hydrogen-bond acceptors (Lipinski definition) is 9. The zero-order valence-corrected chi connectivity index (χ0v) is 28.9. The number of aliphatic hydroxyl groups is 2. The average molecular weight is 651 g/mol. The third kappa shape index (κ3) is 7.18. The molecular weight excluding hydrogens is 600 g/mol. The first-order valence-electron chi connectivity index (χ1n) is 16.3. The van der Waals surface area contributed by atoms with Gasteiger partial charge < -0.3 is 35.0 Å². The maximum absolute atomic E-state index is 13.6. The Bertz CT molecular complexity index is 1670. The number of carbonyl (C=O) groups is 2. The molecule has 1 aliphatic carbocycles. The minimum absolute atomic E-state index is 0.00317. The summed E-state index contributed by atoms with van der Waals surface area (Å²) < 4.78 is 12.1. The maximum atomic E-state index is 13.6. The summed E-state index contributed by atoms with van der Waals surface area (Å²) in [5.41, 5.74) is 0.0612. The minimum Gasteiger partial charge on any atom is -0.507 e. The molecule has 4 rings (SSSR count). The number of aryl methyl sites for hydroxylation is 1. The predicted octanol–water partition coefficient (Wildman–Crippen LogP) is 7.16. The molecule has 5 N–H and O–H groups in total. The Morgan fingerprint density at radius 2 is 1.45 bits per heavy atom. The highest BCUT2D eigenvalue weighted by Gasteiger charge is 2.51.